The number of fused-ring (bicyclic) bond motifs is 1. The Hall–Kier alpha value is -3.34. The zero-order chi connectivity index (χ0) is 18.5. The van der Waals surface area contributed by atoms with Crippen LogP contribution in [0.15, 0.2) is 67.1 Å². The molecule has 0 atom stereocenters. The minimum absolute atomic E-state index is 0.744. The van der Waals surface area contributed by atoms with Gasteiger partial charge in [0.2, 0.25) is 0 Å². The molecule has 2 aromatic heterocycles. The number of hydrogen-bond donors (Lipinski definition) is 3. The van der Waals surface area contributed by atoms with Crippen molar-refractivity contribution in [2.75, 3.05) is 17.2 Å². The van der Waals surface area contributed by atoms with Crippen LogP contribution < -0.4 is 10.6 Å². The third kappa shape index (κ3) is 4.26. The monoisotopic (exact) mass is 357 g/mol. The number of para-hydroxylation sites is 1. The summed E-state index contributed by atoms with van der Waals surface area (Å²) in [5.74, 6) is 1.65. The molecule has 3 N–H and O–H groups in total. The van der Waals surface area contributed by atoms with E-state index >= 15 is 0 Å². The van der Waals surface area contributed by atoms with Gasteiger partial charge in [0.15, 0.2) is 0 Å². The second-order valence-electron chi connectivity index (χ2n) is 6.67. The highest BCUT2D eigenvalue weighted by Crippen LogP contribution is 2.18. The van der Waals surface area contributed by atoms with Crippen LogP contribution >= 0.6 is 0 Å². The van der Waals surface area contributed by atoms with Crippen molar-refractivity contribution in [2.45, 2.75) is 19.9 Å². The maximum Gasteiger partial charge on any atom is 0.131 e. The second-order valence-corrected chi connectivity index (χ2v) is 6.67. The van der Waals surface area contributed by atoms with Crippen LogP contribution in [-0.2, 0) is 13.0 Å². The van der Waals surface area contributed by atoms with Gasteiger partial charge in [-0.2, -0.15) is 0 Å². The van der Waals surface area contributed by atoms with Gasteiger partial charge in [0.25, 0.3) is 0 Å². The van der Waals surface area contributed by atoms with Crippen LogP contribution in [0.4, 0.5) is 11.6 Å². The average molecular weight is 357 g/mol. The van der Waals surface area contributed by atoms with Crippen LogP contribution in [0, 0.1) is 6.92 Å². The van der Waals surface area contributed by atoms with E-state index in [1.54, 1.807) is 6.33 Å². The van der Waals surface area contributed by atoms with Crippen LogP contribution in [0.5, 0.6) is 0 Å². The van der Waals surface area contributed by atoms with E-state index in [4.69, 9.17) is 0 Å². The van der Waals surface area contributed by atoms with Gasteiger partial charge >= 0.3 is 0 Å². The van der Waals surface area contributed by atoms with Gasteiger partial charge < -0.3 is 15.6 Å². The van der Waals surface area contributed by atoms with E-state index < -0.39 is 0 Å². The zero-order valence-electron chi connectivity index (χ0n) is 15.4. The number of aromatic amines is 1. The molecule has 0 fully saturated rings. The van der Waals surface area contributed by atoms with Crippen molar-refractivity contribution in [3.63, 3.8) is 0 Å². The van der Waals surface area contributed by atoms with E-state index in [0.29, 0.717) is 0 Å². The Kier molecular flexibility index (Phi) is 5.01. The van der Waals surface area contributed by atoms with E-state index in [1.165, 1.54) is 27.6 Å². The van der Waals surface area contributed by atoms with E-state index in [2.05, 4.69) is 81.2 Å². The Morgan fingerprint density at radius 1 is 0.926 bits per heavy atom. The molecule has 5 heteroatoms. The largest absolute Gasteiger partial charge is 0.370 e. The van der Waals surface area contributed by atoms with Gasteiger partial charge in [0.1, 0.15) is 18.0 Å². The van der Waals surface area contributed by atoms with Gasteiger partial charge in [-0.15, -0.1) is 0 Å². The van der Waals surface area contributed by atoms with Crippen LogP contribution in [0.1, 0.15) is 16.7 Å². The number of aryl methyl sites for hydroxylation is 1. The number of anilines is 2. The molecule has 0 amide bonds. The second kappa shape index (κ2) is 7.91. The molecule has 0 spiro atoms. The molecule has 136 valence electrons. The number of aromatic nitrogens is 3. The maximum absolute atomic E-state index is 4.32. The van der Waals surface area contributed by atoms with Gasteiger partial charge in [-0.25, -0.2) is 9.97 Å². The van der Waals surface area contributed by atoms with Crippen LogP contribution in [0.25, 0.3) is 10.9 Å². The smallest absolute Gasteiger partial charge is 0.131 e. The predicted molar refractivity (Wildman–Crippen MR) is 111 cm³/mol. The van der Waals surface area contributed by atoms with Crippen LogP contribution in [0.2, 0.25) is 0 Å². The quantitative estimate of drug-likeness (QED) is 0.454. The van der Waals surface area contributed by atoms with Crippen molar-refractivity contribution in [2.24, 2.45) is 0 Å². The summed E-state index contributed by atoms with van der Waals surface area (Å²) < 4.78 is 0. The fourth-order valence-electron chi connectivity index (χ4n) is 3.23. The molecule has 0 saturated heterocycles. The molecule has 0 aliphatic heterocycles. The molecule has 4 rings (SSSR count). The Morgan fingerprint density at radius 3 is 2.67 bits per heavy atom. The SMILES string of the molecule is Cc1cccc(CNc2cc(NCCc3c[nH]c4ccccc34)ncn2)c1. The fraction of sp³-hybridized carbons (Fsp3) is 0.182. The minimum atomic E-state index is 0.744. The molecule has 0 aliphatic carbocycles. The molecule has 2 aromatic carbocycles. The first-order valence-corrected chi connectivity index (χ1v) is 9.18. The van der Waals surface area contributed by atoms with Gasteiger partial charge in [0.05, 0.1) is 0 Å². The Morgan fingerprint density at radius 2 is 1.78 bits per heavy atom. The summed E-state index contributed by atoms with van der Waals surface area (Å²) in [6.07, 6.45) is 4.60. The van der Waals surface area contributed by atoms with Crippen molar-refractivity contribution in [1.82, 2.24) is 15.0 Å². The summed E-state index contributed by atoms with van der Waals surface area (Å²) in [7, 11) is 0. The van der Waals surface area contributed by atoms with E-state index in [-0.39, 0.29) is 0 Å². The normalized spacial score (nSPS) is 10.9. The summed E-state index contributed by atoms with van der Waals surface area (Å²) in [5, 5.41) is 8.03. The van der Waals surface area contributed by atoms with Crippen molar-refractivity contribution in [1.29, 1.82) is 0 Å². The van der Waals surface area contributed by atoms with E-state index in [0.717, 1.165) is 31.1 Å². The highest BCUT2D eigenvalue weighted by atomic mass is 15.1. The Balaban J connectivity index is 1.34. The standard InChI is InChI=1S/C22H23N5/c1-16-5-4-6-17(11-16)13-25-22-12-21(26-15-27-22)23-10-9-18-14-24-20-8-3-2-7-19(18)20/h2-8,11-12,14-15,24H,9-10,13H2,1H3,(H2,23,25,26,27). The number of benzene rings is 2. The van der Waals surface area contributed by atoms with Gasteiger partial charge in [-0.1, -0.05) is 48.0 Å². The maximum atomic E-state index is 4.32. The average Bonchev–Trinajstić information content (AvgIpc) is 3.10. The molecule has 27 heavy (non-hydrogen) atoms. The first-order chi connectivity index (χ1) is 13.3. The summed E-state index contributed by atoms with van der Waals surface area (Å²) in [4.78, 5) is 11.9. The molecule has 5 nitrogen and oxygen atoms in total. The van der Waals surface area contributed by atoms with Crippen LogP contribution in [0.3, 0.4) is 0 Å². The number of nitrogens with zero attached hydrogens (tertiary/aromatic N) is 2. The first-order valence-electron chi connectivity index (χ1n) is 9.18. The molecule has 0 bridgehead atoms. The van der Waals surface area contributed by atoms with Crippen molar-refractivity contribution in [3.05, 3.63) is 83.8 Å². The predicted octanol–water partition coefficient (Wildman–Crippen LogP) is 4.53. The molecule has 2 heterocycles. The lowest BCUT2D eigenvalue weighted by molar-refractivity contribution is 1.00. The molecular weight excluding hydrogens is 334 g/mol. The zero-order valence-corrected chi connectivity index (χ0v) is 15.4. The number of hydrogen-bond acceptors (Lipinski definition) is 4. The lowest BCUT2D eigenvalue weighted by Gasteiger charge is -2.09. The minimum Gasteiger partial charge on any atom is -0.370 e. The summed E-state index contributed by atoms with van der Waals surface area (Å²) in [5.41, 5.74) is 4.99. The lowest BCUT2D eigenvalue weighted by Crippen LogP contribution is -2.08. The molecule has 0 radical (unpaired) electrons. The summed E-state index contributed by atoms with van der Waals surface area (Å²) >= 11 is 0. The highest BCUT2D eigenvalue weighted by molar-refractivity contribution is 5.83. The number of H-pyrrole nitrogens is 1. The van der Waals surface area contributed by atoms with E-state index in [9.17, 15) is 0 Å². The molecule has 4 aromatic rings. The topological polar surface area (TPSA) is 65.6 Å². The van der Waals surface area contributed by atoms with Crippen molar-refractivity contribution >= 4 is 22.5 Å². The molecule has 0 saturated carbocycles. The summed E-state index contributed by atoms with van der Waals surface area (Å²) in [6, 6.07) is 18.8. The van der Waals surface area contributed by atoms with Gasteiger partial charge in [0, 0.05) is 36.3 Å². The molecule has 0 aliphatic rings. The Bertz CT molecular complexity index is 1040. The highest BCUT2D eigenvalue weighted by Gasteiger charge is 2.03. The third-order valence-electron chi connectivity index (χ3n) is 4.60. The van der Waals surface area contributed by atoms with Crippen molar-refractivity contribution < 1.29 is 0 Å². The van der Waals surface area contributed by atoms with Crippen LogP contribution in [-0.4, -0.2) is 21.5 Å². The summed E-state index contributed by atoms with van der Waals surface area (Å²) in [6.45, 7) is 3.66. The van der Waals surface area contributed by atoms with Gasteiger partial charge in [-0.05, 0) is 30.5 Å². The third-order valence-corrected chi connectivity index (χ3v) is 4.60. The van der Waals surface area contributed by atoms with E-state index in [1.807, 2.05) is 12.1 Å². The number of rotatable bonds is 7. The fourth-order valence-corrected chi connectivity index (χ4v) is 3.23. The number of nitrogens with one attached hydrogen (secondary N) is 3. The molecular formula is C22H23N5. The first kappa shape index (κ1) is 17.1. The van der Waals surface area contributed by atoms with Gasteiger partial charge in [-0.3, -0.25) is 0 Å². The Labute approximate surface area is 158 Å². The lowest BCUT2D eigenvalue weighted by atomic mass is 10.1. The van der Waals surface area contributed by atoms with Crippen molar-refractivity contribution in [3.8, 4) is 0 Å². The molecule has 0 unspecified atom stereocenters.